The molecule has 1 fully saturated rings. The molecule has 0 radical (unpaired) electrons. The van der Waals surface area contributed by atoms with Crippen molar-refractivity contribution in [1.82, 2.24) is 9.80 Å². The summed E-state index contributed by atoms with van der Waals surface area (Å²) in [5.41, 5.74) is -0.532. The van der Waals surface area contributed by atoms with Crippen LogP contribution in [0.25, 0.3) is 0 Å². The van der Waals surface area contributed by atoms with Crippen LogP contribution in [0.15, 0.2) is 0 Å². The van der Waals surface area contributed by atoms with Gasteiger partial charge in [-0.3, -0.25) is 0 Å². The summed E-state index contributed by atoms with van der Waals surface area (Å²) < 4.78 is 0. The fraction of sp³-hybridized carbons (Fsp3) is 1.00. The maximum atomic E-state index is 9.64. The predicted molar refractivity (Wildman–Crippen MR) is 64.1 cm³/mol. The van der Waals surface area contributed by atoms with Gasteiger partial charge in [0.1, 0.15) is 0 Å². The monoisotopic (exact) mass is 214 g/mol. The molecule has 0 spiro atoms. The lowest BCUT2D eigenvalue weighted by molar-refractivity contribution is 0.0583. The van der Waals surface area contributed by atoms with E-state index in [0.717, 1.165) is 25.6 Å². The summed E-state index contributed by atoms with van der Waals surface area (Å²) in [4.78, 5) is 4.78. The molecule has 0 aromatic heterocycles. The average molecular weight is 214 g/mol. The van der Waals surface area contributed by atoms with Crippen LogP contribution in [0.1, 0.15) is 33.1 Å². The molecule has 1 saturated heterocycles. The first kappa shape index (κ1) is 12.9. The lowest BCUT2D eigenvalue weighted by Crippen LogP contribution is -2.38. The molecule has 1 unspecified atom stereocenters. The van der Waals surface area contributed by atoms with E-state index in [-0.39, 0.29) is 0 Å². The van der Waals surface area contributed by atoms with Gasteiger partial charge < -0.3 is 14.9 Å². The zero-order valence-corrected chi connectivity index (χ0v) is 10.7. The number of hydrogen-bond acceptors (Lipinski definition) is 3. The van der Waals surface area contributed by atoms with Crippen LogP contribution in [-0.2, 0) is 0 Å². The number of aliphatic hydroxyl groups is 1. The summed E-state index contributed by atoms with van der Waals surface area (Å²) in [6.45, 7) is 7.11. The highest BCUT2D eigenvalue weighted by Gasteiger charge is 2.22. The standard InChI is InChI=1S/C12H26N2O/c1-12(2,15)7-9-13(3)10-11-6-5-8-14(11)4/h11,15H,5-10H2,1-4H3. The Hall–Kier alpha value is -0.120. The highest BCUT2D eigenvalue weighted by atomic mass is 16.3. The third kappa shape index (κ3) is 4.96. The van der Waals surface area contributed by atoms with Crippen LogP contribution in [0, 0.1) is 0 Å². The van der Waals surface area contributed by atoms with Crippen LogP contribution in [0.5, 0.6) is 0 Å². The average Bonchev–Trinajstić information content (AvgIpc) is 2.47. The van der Waals surface area contributed by atoms with Gasteiger partial charge in [-0.25, -0.2) is 0 Å². The Kier molecular flexibility index (Phi) is 4.56. The highest BCUT2D eigenvalue weighted by molar-refractivity contribution is 4.79. The maximum absolute atomic E-state index is 9.64. The van der Waals surface area contributed by atoms with E-state index in [1.54, 1.807) is 0 Å². The molecule has 1 aliphatic heterocycles. The first-order valence-electron chi connectivity index (χ1n) is 5.99. The smallest absolute Gasteiger partial charge is 0.0603 e. The van der Waals surface area contributed by atoms with E-state index >= 15 is 0 Å². The van der Waals surface area contributed by atoms with Crippen LogP contribution >= 0.6 is 0 Å². The van der Waals surface area contributed by atoms with Gasteiger partial charge in [0.2, 0.25) is 0 Å². The van der Waals surface area contributed by atoms with Gasteiger partial charge in [0.25, 0.3) is 0 Å². The van der Waals surface area contributed by atoms with Gasteiger partial charge in [0, 0.05) is 19.1 Å². The summed E-state index contributed by atoms with van der Waals surface area (Å²) >= 11 is 0. The van der Waals surface area contributed by atoms with E-state index in [1.807, 2.05) is 13.8 Å². The second-order valence-corrected chi connectivity index (χ2v) is 5.60. The van der Waals surface area contributed by atoms with E-state index in [2.05, 4.69) is 23.9 Å². The molecule has 0 bridgehead atoms. The molecule has 1 heterocycles. The molecular weight excluding hydrogens is 188 g/mol. The molecule has 0 aliphatic carbocycles. The van der Waals surface area contributed by atoms with E-state index in [0.29, 0.717) is 0 Å². The van der Waals surface area contributed by atoms with Crippen LogP contribution in [-0.4, -0.2) is 60.3 Å². The zero-order chi connectivity index (χ0) is 11.5. The molecule has 1 aliphatic rings. The second kappa shape index (κ2) is 5.28. The minimum absolute atomic E-state index is 0.532. The van der Waals surface area contributed by atoms with Crippen molar-refractivity contribution < 1.29 is 5.11 Å². The Balaban J connectivity index is 2.20. The minimum Gasteiger partial charge on any atom is -0.390 e. The first-order chi connectivity index (χ1) is 6.88. The molecule has 0 saturated carbocycles. The first-order valence-corrected chi connectivity index (χ1v) is 5.99. The Labute approximate surface area is 94.1 Å². The Morgan fingerprint density at radius 2 is 2.13 bits per heavy atom. The van der Waals surface area contributed by atoms with Gasteiger partial charge in [0.15, 0.2) is 0 Å². The van der Waals surface area contributed by atoms with E-state index in [9.17, 15) is 5.11 Å². The lowest BCUT2D eigenvalue weighted by Gasteiger charge is -2.27. The normalized spacial score (nSPS) is 24.0. The second-order valence-electron chi connectivity index (χ2n) is 5.60. The van der Waals surface area contributed by atoms with Crippen molar-refractivity contribution in [3.8, 4) is 0 Å². The van der Waals surface area contributed by atoms with Crippen molar-refractivity contribution in [3.63, 3.8) is 0 Å². The summed E-state index contributed by atoms with van der Waals surface area (Å²) in [5, 5.41) is 9.64. The molecule has 1 N–H and O–H groups in total. The zero-order valence-electron chi connectivity index (χ0n) is 10.7. The summed E-state index contributed by atoms with van der Waals surface area (Å²) in [6.07, 6.45) is 3.50. The summed E-state index contributed by atoms with van der Waals surface area (Å²) in [6, 6.07) is 0.719. The number of hydrogen-bond donors (Lipinski definition) is 1. The topological polar surface area (TPSA) is 26.7 Å². The minimum atomic E-state index is -0.532. The van der Waals surface area contributed by atoms with Crippen molar-refractivity contribution in [2.45, 2.75) is 44.8 Å². The van der Waals surface area contributed by atoms with Crippen molar-refractivity contribution in [2.75, 3.05) is 33.7 Å². The maximum Gasteiger partial charge on any atom is 0.0603 e. The molecule has 0 amide bonds. The lowest BCUT2D eigenvalue weighted by atomic mass is 10.1. The van der Waals surface area contributed by atoms with E-state index < -0.39 is 5.60 Å². The summed E-state index contributed by atoms with van der Waals surface area (Å²) in [5.74, 6) is 0. The quantitative estimate of drug-likeness (QED) is 0.744. The van der Waals surface area contributed by atoms with E-state index in [1.165, 1.54) is 19.4 Å². The van der Waals surface area contributed by atoms with Gasteiger partial charge >= 0.3 is 0 Å². The number of likely N-dealkylation sites (tertiary alicyclic amines) is 1. The van der Waals surface area contributed by atoms with Crippen molar-refractivity contribution >= 4 is 0 Å². The van der Waals surface area contributed by atoms with Crippen LogP contribution < -0.4 is 0 Å². The van der Waals surface area contributed by atoms with Crippen molar-refractivity contribution in [1.29, 1.82) is 0 Å². The van der Waals surface area contributed by atoms with Gasteiger partial charge in [-0.1, -0.05) is 0 Å². The Morgan fingerprint density at radius 1 is 1.47 bits per heavy atom. The van der Waals surface area contributed by atoms with Gasteiger partial charge in [-0.15, -0.1) is 0 Å². The summed E-state index contributed by atoms with van der Waals surface area (Å²) in [7, 11) is 4.36. The van der Waals surface area contributed by atoms with Gasteiger partial charge in [-0.2, -0.15) is 0 Å². The largest absolute Gasteiger partial charge is 0.390 e. The van der Waals surface area contributed by atoms with E-state index in [4.69, 9.17) is 0 Å². The Morgan fingerprint density at radius 3 is 2.60 bits per heavy atom. The molecule has 1 rings (SSSR count). The third-order valence-corrected chi connectivity index (χ3v) is 3.30. The number of likely N-dealkylation sites (N-methyl/N-ethyl adjacent to an activating group) is 2. The van der Waals surface area contributed by atoms with Gasteiger partial charge in [-0.05, 0) is 53.8 Å². The van der Waals surface area contributed by atoms with Crippen LogP contribution in [0.4, 0.5) is 0 Å². The van der Waals surface area contributed by atoms with Crippen LogP contribution in [0.2, 0.25) is 0 Å². The Bertz CT molecular complexity index is 189. The highest BCUT2D eigenvalue weighted by Crippen LogP contribution is 2.16. The molecule has 90 valence electrons. The molecule has 3 heteroatoms. The molecule has 0 aromatic carbocycles. The number of rotatable bonds is 5. The molecule has 1 atom stereocenters. The van der Waals surface area contributed by atoms with Crippen molar-refractivity contribution in [3.05, 3.63) is 0 Å². The molecular formula is C12H26N2O. The number of nitrogens with zero attached hydrogens (tertiary/aromatic N) is 2. The third-order valence-electron chi connectivity index (χ3n) is 3.30. The SMILES string of the molecule is CN(CCC(C)(C)O)CC1CCCN1C. The molecule has 0 aromatic rings. The van der Waals surface area contributed by atoms with Crippen molar-refractivity contribution in [2.24, 2.45) is 0 Å². The van der Waals surface area contributed by atoms with Gasteiger partial charge in [0.05, 0.1) is 5.60 Å². The molecule has 3 nitrogen and oxygen atoms in total. The fourth-order valence-electron chi connectivity index (χ4n) is 2.13. The fourth-order valence-corrected chi connectivity index (χ4v) is 2.13. The molecule has 15 heavy (non-hydrogen) atoms. The predicted octanol–water partition coefficient (Wildman–Crippen LogP) is 1.17. The van der Waals surface area contributed by atoms with Crippen LogP contribution in [0.3, 0.4) is 0 Å².